The average molecular weight is 304 g/mol. The van der Waals surface area contributed by atoms with E-state index >= 15 is 0 Å². The van der Waals surface area contributed by atoms with Gasteiger partial charge in [0.1, 0.15) is 5.82 Å². The van der Waals surface area contributed by atoms with Crippen molar-refractivity contribution in [2.75, 3.05) is 5.73 Å². The molecule has 1 aromatic carbocycles. The van der Waals surface area contributed by atoms with E-state index in [0.29, 0.717) is 11.7 Å². The van der Waals surface area contributed by atoms with Crippen LogP contribution in [-0.2, 0) is 0 Å². The van der Waals surface area contributed by atoms with Gasteiger partial charge in [0.25, 0.3) is 0 Å². The summed E-state index contributed by atoms with van der Waals surface area (Å²) in [5, 5.41) is 0. The quantitative estimate of drug-likeness (QED) is 0.921. The topological polar surface area (TPSA) is 51.8 Å². The van der Waals surface area contributed by atoms with E-state index in [1.165, 1.54) is 18.4 Å². The molecule has 2 aromatic rings. The molecule has 1 fully saturated rings. The van der Waals surface area contributed by atoms with Crippen molar-refractivity contribution in [1.29, 1.82) is 0 Å². The third-order valence-electron chi connectivity index (χ3n) is 3.25. The summed E-state index contributed by atoms with van der Waals surface area (Å²) < 4.78 is 0.863. The highest BCUT2D eigenvalue weighted by molar-refractivity contribution is 9.10. The molecule has 0 radical (unpaired) electrons. The Bertz CT molecular complexity index is 606. The molecule has 2 N–H and O–H groups in total. The molecule has 1 aliphatic carbocycles. The maximum absolute atomic E-state index is 5.98. The smallest absolute Gasteiger partial charge is 0.162 e. The van der Waals surface area contributed by atoms with Crippen molar-refractivity contribution in [3.63, 3.8) is 0 Å². The van der Waals surface area contributed by atoms with Crippen LogP contribution < -0.4 is 5.73 Å². The number of aromatic nitrogens is 2. The molecule has 0 aliphatic heterocycles. The second kappa shape index (κ2) is 4.35. The molecule has 3 rings (SSSR count). The number of nitrogens with zero attached hydrogens (tertiary/aromatic N) is 2. The predicted octanol–water partition coefficient (Wildman–Crippen LogP) is 3.67. The fraction of sp³-hybridized carbons (Fsp3) is 0.286. The lowest BCUT2D eigenvalue weighted by molar-refractivity contribution is 0.983. The van der Waals surface area contributed by atoms with E-state index in [-0.39, 0.29) is 0 Å². The van der Waals surface area contributed by atoms with Crippen molar-refractivity contribution in [3.05, 3.63) is 40.0 Å². The zero-order valence-corrected chi connectivity index (χ0v) is 11.7. The SMILES string of the molecule is Cc1ccccc1-c1nc(N)c(Br)c(C2CC2)n1. The Labute approximate surface area is 115 Å². The molecule has 3 nitrogen and oxygen atoms in total. The van der Waals surface area contributed by atoms with Crippen LogP contribution in [0.2, 0.25) is 0 Å². The van der Waals surface area contributed by atoms with Crippen LogP contribution in [0.15, 0.2) is 28.7 Å². The number of halogens is 1. The fourth-order valence-corrected chi connectivity index (χ4v) is 2.56. The number of anilines is 1. The predicted molar refractivity (Wildman–Crippen MR) is 76.3 cm³/mol. The summed E-state index contributed by atoms with van der Waals surface area (Å²) in [4.78, 5) is 9.08. The lowest BCUT2D eigenvalue weighted by atomic mass is 10.1. The number of hydrogen-bond donors (Lipinski definition) is 1. The number of rotatable bonds is 2. The van der Waals surface area contributed by atoms with Gasteiger partial charge in [0.2, 0.25) is 0 Å². The van der Waals surface area contributed by atoms with E-state index in [1.54, 1.807) is 0 Å². The van der Waals surface area contributed by atoms with Gasteiger partial charge < -0.3 is 5.73 Å². The van der Waals surface area contributed by atoms with E-state index in [1.807, 2.05) is 18.2 Å². The first-order valence-electron chi connectivity index (χ1n) is 6.05. The van der Waals surface area contributed by atoms with Gasteiger partial charge in [-0.05, 0) is 41.3 Å². The number of hydrogen-bond acceptors (Lipinski definition) is 3. The Morgan fingerprint density at radius 2 is 1.94 bits per heavy atom. The standard InChI is InChI=1S/C14H14BrN3/c1-8-4-2-3-5-10(8)14-17-12(9-6-7-9)11(15)13(16)18-14/h2-5,9H,6-7H2,1H3,(H2,16,17,18). The number of nitrogen functional groups attached to an aromatic ring is 1. The third-order valence-corrected chi connectivity index (χ3v) is 4.06. The van der Waals surface area contributed by atoms with E-state index in [4.69, 9.17) is 5.73 Å². The minimum absolute atomic E-state index is 0.533. The Balaban J connectivity index is 2.16. The van der Waals surface area contributed by atoms with Crippen molar-refractivity contribution >= 4 is 21.7 Å². The number of aryl methyl sites for hydroxylation is 1. The van der Waals surface area contributed by atoms with E-state index in [2.05, 4.69) is 38.9 Å². The average Bonchev–Trinajstić information content (AvgIpc) is 3.17. The Kier molecular flexibility index (Phi) is 2.82. The highest BCUT2D eigenvalue weighted by Crippen LogP contribution is 2.44. The van der Waals surface area contributed by atoms with Gasteiger partial charge >= 0.3 is 0 Å². The van der Waals surface area contributed by atoms with Gasteiger partial charge in [0.15, 0.2) is 5.82 Å². The zero-order valence-electron chi connectivity index (χ0n) is 10.2. The summed E-state index contributed by atoms with van der Waals surface area (Å²) in [6, 6.07) is 8.12. The molecule has 1 heterocycles. The lowest BCUT2D eigenvalue weighted by Gasteiger charge is -2.09. The van der Waals surface area contributed by atoms with Gasteiger partial charge in [-0.25, -0.2) is 9.97 Å². The zero-order chi connectivity index (χ0) is 12.7. The molecule has 1 saturated carbocycles. The second-order valence-electron chi connectivity index (χ2n) is 4.72. The van der Waals surface area contributed by atoms with Crippen LogP contribution in [0, 0.1) is 6.92 Å². The van der Waals surface area contributed by atoms with Crippen molar-refractivity contribution in [2.24, 2.45) is 0 Å². The highest BCUT2D eigenvalue weighted by atomic mass is 79.9. The first kappa shape index (κ1) is 11.7. The van der Waals surface area contributed by atoms with E-state index < -0.39 is 0 Å². The lowest BCUT2D eigenvalue weighted by Crippen LogP contribution is -2.02. The monoisotopic (exact) mass is 303 g/mol. The highest BCUT2D eigenvalue weighted by Gasteiger charge is 2.29. The van der Waals surface area contributed by atoms with Gasteiger partial charge in [0.05, 0.1) is 10.2 Å². The summed E-state index contributed by atoms with van der Waals surface area (Å²) in [7, 11) is 0. The van der Waals surface area contributed by atoms with Crippen LogP contribution in [0.5, 0.6) is 0 Å². The summed E-state index contributed by atoms with van der Waals surface area (Å²) in [5.74, 6) is 1.81. The van der Waals surface area contributed by atoms with E-state index in [9.17, 15) is 0 Å². The van der Waals surface area contributed by atoms with Crippen LogP contribution in [0.25, 0.3) is 11.4 Å². The fourth-order valence-electron chi connectivity index (χ4n) is 2.05. The normalized spacial score (nSPS) is 14.8. The molecular formula is C14H14BrN3. The van der Waals surface area contributed by atoms with Gasteiger partial charge in [0, 0.05) is 11.5 Å². The minimum Gasteiger partial charge on any atom is -0.383 e. The molecule has 18 heavy (non-hydrogen) atoms. The third kappa shape index (κ3) is 2.01. The van der Waals surface area contributed by atoms with Crippen LogP contribution in [0.4, 0.5) is 5.82 Å². The molecule has 4 heteroatoms. The Morgan fingerprint density at radius 3 is 2.61 bits per heavy atom. The van der Waals surface area contributed by atoms with Crippen molar-refractivity contribution in [2.45, 2.75) is 25.7 Å². The Morgan fingerprint density at radius 1 is 1.22 bits per heavy atom. The molecule has 1 aromatic heterocycles. The maximum Gasteiger partial charge on any atom is 0.162 e. The van der Waals surface area contributed by atoms with Gasteiger partial charge in [-0.1, -0.05) is 24.3 Å². The second-order valence-corrected chi connectivity index (χ2v) is 5.51. The molecule has 0 bridgehead atoms. The summed E-state index contributed by atoms with van der Waals surface area (Å²) in [6.45, 7) is 2.06. The van der Waals surface area contributed by atoms with Gasteiger partial charge in [-0.15, -0.1) is 0 Å². The largest absolute Gasteiger partial charge is 0.383 e. The van der Waals surface area contributed by atoms with Crippen LogP contribution >= 0.6 is 15.9 Å². The van der Waals surface area contributed by atoms with Crippen molar-refractivity contribution in [3.8, 4) is 11.4 Å². The molecule has 0 spiro atoms. The molecule has 0 amide bonds. The molecule has 1 aliphatic rings. The van der Waals surface area contributed by atoms with Gasteiger partial charge in [-0.2, -0.15) is 0 Å². The molecule has 92 valence electrons. The molecule has 0 saturated heterocycles. The van der Waals surface area contributed by atoms with Gasteiger partial charge in [-0.3, -0.25) is 0 Å². The van der Waals surface area contributed by atoms with Crippen molar-refractivity contribution < 1.29 is 0 Å². The van der Waals surface area contributed by atoms with Crippen LogP contribution in [0.3, 0.4) is 0 Å². The Hall–Kier alpha value is -1.42. The molecule has 0 atom stereocenters. The molecule has 0 unspecified atom stereocenters. The van der Waals surface area contributed by atoms with Crippen LogP contribution in [-0.4, -0.2) is 9.97 Å². The first-order valence-corrected chi connectivity index (χ1v) is 6.85. The summed E-state index contributed by atoms with van der Waals surface area (Å²) >= 11 is 3.50. The minimum atomic E-state index is 0.533. The number of nitrogens with two attached hydrogens (primary N) is 1. The van der Waals surface area contributed by atoms with Crippen LogP contribution in [0.1, 0.15) is 30.0 Å². The first-order chi connectivity index (χ1) is 8.66. The van der Waals surface area contributed by atoms with Crippen molar-refractivity contribution in [1.82, 2.24) is 9.97 Å². The summed E-state index contributed by atoms with van der Waals surface area (Å²) in [5.41, 5.74) is 9.25. The molecular weight excluding hydrogens is 290 g/mol. The number of benzene rings is 1. The summed E-state index contributed by atoms with van der Waals surface area (Å²) in [6.07, 6.45) is 2.39. The van der Waals surface area contributed by atoms with E-state index in [0.717, 1.165) is 21.6 Å². The maximum atomic E-state index is 5.98.